The topological polar surface area (TPSA) is 461 Å². The van der Waals surface area contributed by atoms with Crippen molar-refractivity contribution in [1.82, 2.24) is 78.7 Å². The molecule has 0 unspecified atom stereocenters. The number of imide groups is 2. The van der Waals surface area contributed by atoms with Gasteiger partial charge in [-0.15, -0.1) is 10.0 Å². The zero-order chi connectivity index (χ0) is 106. The monoisotopic (exact) mass is 2030 g/mol. The number of carboxylic acids is 1. The molecule has 4 aromatic heterocycles. The van der Waals surface area contributed by atoms with E-state index in [1.807, 2.05) is 26.8 Å². The second-order valence-electron chi connectivity index (χ2n) is 42.2. The summed E-state index contributed by atoms with van der Waals surface area (Å²) in [4.78, 5) is 184. The molecule has 0 radical (unpaired) electrons. The van der Waals surface area contributed by atoms with Crippen LogP contribution < -0.4 is 26.4 Å². The number of hydrazine groups is 2. The van der Waals surface area contributed by atoms with E-state index in [9.17, 15) is 68.2 Å². The maximum absolute atomic E-state index is 14.7. The molecule has 145 heavy (non-hydrogen) atoms. The first-order chi connectivity index (χ1) is 67.7. The number of non-ortho nitro benzene ring substituents is 2. The van der Waals surface area contributed by atoms with Gasteiger partial charge in [-0.1, -0.05) is 46.0 Å². The van der Waals surface area contributed by atoms with E-state index in [4.69, 9.17) is 46.4 Å². The number of nitro groups is 2. The highest BCUT2D eigenvalue weighted by atomic mass is 35.5. The molecule has 2 spiro atoms. The number of hydrogen-bond donors (Lipinski definition) is 4. The smallest absolute Gasteiger partial charge is 0.437 e. The molecule has 0 atom stereocenters. The van der Waals surface area contributed by atoms with Crippen LogP contribution in [0.15, 0.2) is 122 Å². The number of carbonyl (C=O) groups is 10. The molecule has 4 aromatic carbocycles. The highest BCUT2D eigenvalue weighted by Gasteiger charge is 2.59. The minimum Gasteiger partial charge on any atom is -0.478 e. The molecule has 0 bridgehead atoms. The summed E-state index contributed by atoms with van der Waals surface area (Å²) in [5.41, 5.74) is 3.71. The molecule has 2 aliphatic carbocycles. The van der Waals surface area contributed by atoms with Gasteiger partial charge in [-0.05, 0) is 326 Å². The number of rotatable bonds is 12. The Morgan fingerprint density at radius 1 is 0.441 bits per heavy atom. The first kappa shape index (κ1) is 114. The maximum atomic E-state index is 14.7. The molecule has 6 aliphatic heterocycles. The molecule has 8 aromatic rings. The van der Waals surface area contributed by atoms with Gasteiger partial charge in [0.25, 0.3) is 40.9 Å². The number of nitrogens with two attached hydrogens (primary N) is 1. The van der Waals surface area contributed by atoms with E-state index in [-0.39, 0.29) is 65.0 Å². The molecular formula is C103H145ClN22O19. The molecule has 41 nitrogen and oxygen atoms in total. The van der Waals surface area contributed by atoms with Crippen molar-refractivity contribution in [3.05, 3.63) is 169 Å². The number of nitro benzene ring substituents is 2. The van der Waals surface area contributed by atoms with Gasteiger partial charge in [-0.2, -0.15) is 20.0 Å². The van der Waals surface area contributed by atoms with Gasteiger partial charge in [0.15, 0.2) is 0 Å². The Kier molecular flexibility index (Phi) is 37.9. The van der Waals surface area contributed by atoms with E-state index in [2.05, 4.69) is 102 Å². The Morgan fingerprint density at radius 3 is 1.05 bits per heavy atom. The third-order valence-corrected chi connectivity index (χ3v) is 26.4. The normalized spacial score (nSPS) is 17.3. The van der Waals surface area contributed by atoms with Crippen LogP contribution in [0.4, 0.5) is 59.5 Å². The number of nitrogens with one attached hydrogen (secondary N) is 2. The number of aromatic nitrogens is 6. The molecule has 42 heteroatoms. The number of fused-ring (bicyclic) bond motifs is 8. The largest absolute Gasteiger partial charge is 0.478 e. The number of anilines is 5. The summed E-state index contributed by atoms with van der Waals surface area (Å²) in [5.74, 6) is -1.35. The quantitative estimate of drug-likeness (QED) is 0.0290. The number of nitrogens with zero attached hydrogens (tertiary/aromatic N) is 19. The van der Waals surface area contributed by atoms with Crippen LogP contribution in [0.25, 0.3) is 22.1 Å². The number of ether oxygens (including phenoxy) is 4. The van der Waals surface area contributed by atoms with Crippen molar-refractivity contribution in [3.63, 3.8) is 0 Å². The highest BCUT2D eigenvalue weighted by Crippen LogP contribution is 2.50. The van der Waals surface area contributed by atoms with Gasteiger partial charge in [0.05, 0.1) is 15.4 Å². The van der Waals surface area contributed by atoms with Crippen molar-refractivity contribution in [2.45, 2.75) is 264 Å². The van der Waals surface area contributed by atoms with E-state index in [1.165, 1.54) is 68.5 Å². The van der Waals surface area contributed by atoms with E-state index >= 15 is 0 Å². The number of amides is 9. The van der Waals surface area contributed by atoms with Crippen LogP contribution in [-0.4, -0.2) is 304 Å². The summed E-state index contributed by atoms with van der Waals surface area (Å²) in [6, 6.07) is 30.7. The average molecular weight is 2030 g/mol. The fourth-order valence-electron chi connectivity index (χ4n) is 18.7. The van der Waals surface area contributed by atoms with Crippen LogP contribution in [-0.2, 0) is 39.6 Å². The lowest BCUT2D eigenvalue weighted by molar-refractivity contribution is -0.385. The molecule has 5 N–H and O–H groups in total. The van der Waals surface area contributed by atoms with E-state index in [0.717, 1.165) is 160 Å². The maximum Gasteiger partial charge on any atom is 0.437 e. The molecule has 8 aliphatic rings. The number of carbonyl (C=O) groups excluding carboxylic acids is 9. The molecule has 788 valence electrons. The molecule has 10 heterocycles. The third-order valence-electron chi connectivity index (χ3n) is 26.2. The van der Waals surface area contributed by atoms with Crippen LogP contribution in [0.2, 0.25) is 5.28 Å². The van der Waals surface area contributed by atoms with Gasteiger partial charge in [0, 0.05) is 139 Å². The van der Waals surface area contributed by atoms with Gasteiger partial charge >= 0.3 is 30.3 Å². The molecular weight excluding hydrogens is 1880 g/mol. The van der Waals surface area contributed by atoms with Gasteiger partial charge in [-0.3, -0.25) is 53.3 Å². The van der Waals surface area contributed by atoms with Gasteiger partial charge < -0.3 is 74.7 Å². The van der Waals surface area contributed by atoms with Crippen molar-refractivity contribution < 1.29 is 81.8 Å². The van der Waals surface area contributed by atoms with Crippen molar-refractivity contribution in [1.29, 1.82) is 0 Å². The van der Waals surface area contributed by atoms with Crippen LogP contribution >= 0.6 is 11.6 Å². The molecule has 6 fully saturated rings. The van der Waals surface area contributed by atoms with E-state index < -0.39 is 85.5 Å². The highest BCUT2D eigenvalue weighted by molar-refractivity contribution is 6.28. The lowest BCUT2D eigenvalue weighted by Crippen LogP contribution is -2.66. The summed E-state index contributed by atoms with van der Waals surface area (Å²) in [5, 5.41) is 40.4. The summed E-state index contributed by atoms with van der Waals surface area (Å²) in [7, 11) is 16.8. The minimum absolute atomic E-state index is 0. The second kappa shape index (κ2) is 48.3. The molecule has 9 amide bonds. The Morgan fingerprint density at radius 2 is 0.738 bits per heavy atom. The predicted octanol–water partition coefficient (Wildman–Crippen LogP) is 17.0. The number of likely N-dealkylation sites (tertiary alicyclic amines) is 3. The summed E-state index contributed by atoms with van der Waals surface area (Å²) >= 11 is 6.11. The zero-order valence-electron chi connectivity index (χ0n) is 86.5. The van der Waals surface area contributed by atoms with Crippen LogP contribution in [0.3, 0.4) is 0 Å². The first-order valence-electron chi connectivity index (χ1n) is 49.0. The first-order valence-corrected chi connectivity index (χ1v) is 49.4. The zero-order valence-corrected chi connectivity index (χ0v) is 87.2. The lowest BCUT2D eigenvalue weighted by atomic mass is 9.79. The molecule has 2 saturated carbocycles. The molecule has 4 saturated heterocycles. The summed E-state index contributed by atoms with van der Waals surface area (Å²) in [6.07, 6.45) is 14.8. The number of aromatic carboxylic acids is 1. The Hall–Kier alpha value is -13.1. The standard InChI is InChI=1S/C37H50N8O6.C23H30ClN5O5.C14H19N3O3.C14H21N3O.C7H16N2.C7H5NO4.CH4/c1-35(2,3)50-33(48)44-28-22-25-23-38-32(39-26-14-12-24(13-15-26)30(46)42-20-16-27(17-21-42)41(7)8)40-29(25)43(28)37(18-10-9-11-19-37)31(47)45(44)34(49)51-36(4,5)6;1-21(2,3)33-19(31)28-15-12-14-13-25-18(24)26-16(14)27(15)23(10-8-7-9-11-23)17(30)29(28)20(32)34-22(4,5)6;1-15(2)12-7-9-16(10-8-12)14(18)11-3-5-13(6-4-11)17(19)20;1-16(2)13-7-9-17(10-8-13)14(18)11-3-5-12(15)6-4-11;1-9(2)7-3-5-8-6-4-7;9-7(10)5-1-3-6(4-2-5)8(11)12;/h12-15,22-23,27H,9-11,16-21H2,1-8H3,(H,38,39,40);12-13H,7-11H2,1-6H3;3-6,12H,7-10H2,1-2H3;3-6,13H,7-10,15H2,1-2H3;7-8H,3-6H2,1-2H3;1-4H,(H,9,10);1H4. The number of halogens is 1. The SMILES string of the molecule is C.CC(C)(C)OC(=O)N1C(=O)C2(CCCCC2)n2c(cc3cnc(Cl)nc32)N1C(=O)OC(C)(C)C.CN(C)C1CCN(C(=O)c2ccc(N)cc2)CC1.CN(C)C1CCN(C(=O)c2ccc(Nc3ncc4cc5n(c4n3)C3(CCCCC3)C(=O)N(C(=O)OC(C)(C)C)N5C(=O)OC(C)(C)C)cc2)CC1.CN(C)C1CCN(C(=O)c2ccc([N+](=O)[O-])cc2)CC1.CN(C)C1CCNCC1.O=C(O)c1ccc([N+](=O)[O-])cc1. The van der Waals surface area contributed by atoms with Gasteiger partial charge in [0.2, 0.25) is 11.2 Å². The number of nitrogen functional groups attached to an aromatic ring is 1. The number of hydrogen-bond acceptors (Lipinski definition) is 29. The molecule has 16 rings (SSSR count). The minimum atomic E-state index is -1.20. The summed E-state index contributed by atoms with van der Waals surface area (Å²) < 4.78 is 26.1. The Bertz CT molecular complexity index is 5830. The number of carboxylic acid groups (broad SMARTS) is 1. The third kappa shape index (κ3) is 28.8. The Labute approximate surface area is 852 Å². The second-order valence-corrected chi connectivity index (χ2v) is 42.5. The van der Waals surface area contributed by atoms with Crippen molar-refractivity contribution in [3.8, 4) is 0 Å². The van der Waals surface area contributed by atoms with Crippen molar-refractivity contribution in [2.24, 2.45) is 0 Å². The fraction of sp³-hybridized carbons (Fsp3) is 0.553. The predicted molar refractivity (Wildman–Crippen MR) is 554 cm³/mol. The fourth-order valence-corrected chi connectivity index (χ4v) is 18.8. The van der Waals surface area contributed by atoms with Gasteiger partial charge in [-0.25, -0.2) is 33.9 Å². The van der Waals surface area contributed by atoms with Crippen LogP contribution in [0.5, 0.6) is 0 Å². The lowest BCUT2D eigenvalue weighted by Gasteiger charge is -2.48. The van der Waals surface area contributed by atoms with Crippen LogP contribution in [0.1, 0.15) is 248 Å². The summed E-state index contributed by atoms with van der Waals surface area (Å²) in [6.45, 7) is 27.5. The van der Waals surface area contributed by atoms with E-state index in [1.54, 1.807) is 147 Å². The van der Waals surface area contributed by atoms with E-state index in [0.29, 0.717) is 88.4 Å². The average Bonchev–Trinajstić information content (AvgIpc) is 1.55. The van der Waals surface area contributed by atoms with Crippen molar-refractivity contribution in [2.75, 3.05) is 130 Å². The van der Waals surface area contributed by atoms with Gasteiger partial charge in [0.1, 0.15) is 56.4 Å². The Balaban J connectivity index is 0.000000196. The van der Waals surface area contributed by atoms with Crippen molar-refractivity contribution >= 4 is 134 Å². The number of benzene rings is 4. The van der Waals surface area contributed by atoms with Crippen LogP contribution in [0, 0.1) is 20.2 Å². The number of piperidine rings is 4.